The Labute approximate surface area is 117 Å². The molecular formula is C16H29NO2. The van der Waals surface area contributed by atoms with Gasteiger partial charge in [-0.05, 0) is 25.7 Å². The third kappa shape index (κ3) is 2.27. The van der Waals surface area contributed by atoms with Gasteiger partial charge in [-0.2, -0.15) is 5.06 Å². The van der Waals surface area contributed by atoms with Crippen LogP contribution in [0.4, 0.5) is 0 Å². The standard InChI is InChI=1S/C16H29NO2/c1-7-15(8-2)11-13(14(18)12(5)6)16(9-3,10-4)17(15)19/h11-12,19H,7-10H2,1-6H3. The molecule has 0 aromatic heterocycles. The van der Waals surface area contributed by atoms with Crippen LogP contribution in [-0.4, -0.2) is 27.1 Å². The van der Waals surface area contributed by atoms with Gasteiger partial charge in [0.15, 0.2) is 5.78 Å². The van der Waals surface area contributed by atoms with Gasteiger partial charge in [0.1, 0.15) is 0 Å². The van der Waals surface area contributed by atoms with E-state index in [-0.39, 0.29) is 17.2 Å². The lowest BCUT2D eigenvalue weighted by atomic mass is 9.81. The van der Waals surface area contributed by atoms with E-state index in [0.717, 1.165) is 31.3 Å². The molecule has 0 atom stereocenters. The molecule has 0 aliphatic carbocycles. The van der Waals surface area contributed by atoms with Gasteiger partial charge in [0.2, 0.25) is 0 Å². The molecule has 1 aliphatic heterocycles. The van der Waals surface area contributed by atoms with Gasteiger partial charge in [-0.1, -0.05) is 47.6 Å². The second-order valence-corrected chi connectivity index (χ2v) is 5.94. The zero-order valence-electron chi connectivity index (χ0n) is 13.3. The summed E-state index contributed by atoms with van der Waals surface area (Å²) in [5.41, 5.74) is -0.0714. The SMILES string of the molecule is CCC1(CC)C=C(C(=O)C(C)C)C(CC)(CC)N1O. The van der Waals surface area contributed by atoms with Gasteiger partial charge in [0.25, 0.3) is 0 Å². The highest BCUT2D eigenvalue weighted by Gasteiger charge is 2.53. The van der Waals surface area contributed by atoms with E-state index in [1.165, 1.54) is 5.06 Å². The second-order valence-electron chi connectivity index (χ2n) is 5.94. The molecule has 0 saturated heterocycles. The van der Waals surface area contributed by atoms with Crippen LogP contribution < -0.4 is 0 Å². The van der Waals surface area contributed by atoms with Crippen molar-refractivity contribution in [2.75, 3.05) is 0 Å². The molecule has 19 heavy (non-hydrogen) atoms. The van der Waals surface area contributed by atoms with Gasteiger partial charge in [-0.25, -0.2) is 0 Å². The summed E-state index contributed by atoms with van der Waals surface area (Å²) in [6.07, 6.45) is 5.19. The Kier molecular flexibility index (Phi) is 4.97. The molecular weight excluding hydrogens is 238 g/mol. The van der Waals surface area contributed by atoms with Crippen molar-refractivity contribution in [3.8, 4) is 0 Å². The Morgan fingerprint density at radius 1 is 1.16 bits per heavy atom. The minimum Gasteiger partial charge on any atom is -0.312 e. The molecule has 3 heteroatoms. The summed E-state index contributed by atoms with van der Waals surface area (Å²) in [6, 6.07) is 0. The van der Waals surface area contributed by atoms with Crippen molar-refractivity contribution in [2.24, 2.45) is 5.92 Å². The summed E-state index contributed by atoms with van der Waals surface area (Å²) >= 11 is 0. The van der Waals surface area contributed by atoms with Gasteiger partial charge in [-0.3, -0.25) is 4.79 Å². The predicted molar refractivity (Wildman–Crippen MR) is 78.2 cm³/mol. The van der Waals surface area contributed by atoms with Crippen LogP contribution in [0.5, 0.6) is 0 Å². The number of rotatable bonds is 6. The lowest BCUT2D eigenvalue weighted by Crippen LogP contribution is -2.54. The van der Waals surface area contributed by atoms with Crippen LogP contribution in [0.2, 0.25) is 0 Å². The molecule has 3 nitrogen and oxygen atoms in total. The first-order valence-electron chi connectivity index (χ1n) is 7.61. The molecule has 1 N–H and O–H groups in total. The maximum Gasteiger partial charge on any atom is 0.163 e. The van der Waals surface area contributed by atoms with Crippen LogP contribution >= 0.6 is 0 Å². The summed E-state index contributed by atoms with van der Waals surface area (Å²) in [6.45, 7) is 12.1. The van der Waals surface area contributed by atoms with Crippen molar-refractivity contribution < 1.29 is 10.0 Å². The third-order valence-corrected chi connectivity index (χ3v) is 4.93. The molecule has 1 heterocycles. The fourth-order valence-electron chi connectivity index (χ4n) is 3.30. The first-order valence-corrected chi connectivity index (χ1v) is 7.61. The Morgan fingerprint density at radius 3 is 1.95 bits per heavy atom. The molecule has 0 radical (unpaired) electrons. The molecule has 110 valence electrons. The molecule has 0 bridgehead atoms. The van der Waals surface area contributed by atoms with E-state index in [1.807, 2.05) is 19.9 Å². The van der Waals surface area contributed by atoms with Gasteiger partial charge < -0.3 is 5.21 Å². The number of carbonyl (C=O) groups is 1. The highest BCUT2D eigenvalue weighted by Crippen LogP contribution is 2.47. The zero-order valence-corrected chi connectivity index (χ0v) is 13.3. The Hall–Kier alpha value is -0.670. The third-order valence-electron chi connectivity index (χ3n) is 4.93. The fourth-order valence-corrected chi connectivity index (χ4v) is 3.30. The molecule has 0 aromatic rings. The molecule has 1 aliphatic rings. The van der Waals surface area contributed by atoms with Crippen molar-refractivity contribution in [1.82, 2.24) is 5.06 Å². The average Bonchev–Trinajstić information content (AvgIpc) is 2.68. The Bertz CT molecular complexity index is 363. The highest BCUT2D eigenvalue weighted by atomic mass is 16.5. The molecule has 0 spiro atoms. The lowest BCUT2D eigenvalue weighted by Gasteiger charge is -2.43. The number of ketones is 1. The van der Waals surface area contributed by atoms with E-state index in [0.29, 0.717) is 0 Å². The minimum atomic E-state index is -0.507. The average molecular weight is 267 g/mol. The first kappa shape index (κ1) is 16.4. The van der Waals surface area contributed by atoms with Crippen molar-refractivity contribution in [3.05, 3.63) is 11.6 Å². The minimum absolute atomic E-state index is 0.0263. The molecule has 1 rings (SSSR count). The van der Waals surface area contributed by atoms with E-state index in [1.54, 1.807) is 0 Å². The number of hydrogen-bond donors (Lipinski definition) is 1. The highest BCUT2D eigenvalue weighted by molar-refractivity contribution is 5.99. The molecule has 0 fully saturated rings. The summed E-state index contributed by atoms with van der Waals surface area (Å²) in [7, 11) is 0. The quantitative estimate of drug-likeness (QED) is 0.792. The van der Waals surface area contributed by atoms with Crippen molar-refractivity contribution in [2.45, 2.75) is 78.3 Å². The molecule has 0 unspecified atom stereocenters. The van der Waals surface area contributed by atoms with E-state index in [9.17, 15) is 10.0 Å². The van der Waals surface area contributed by atoms with Crippen LogP contribution in [0.3, 0.4) is 0 Å². The second kappa shape index (κ2) is 5.76. The molecule has 0 amide bonds. The van der Waals surface area contributed by atoms with E-state index < -0.39 is 5.54 Å². The summed E-state index contributed by atoms with van der Waals surface area (Å²) < 4.78 is 0. The van der Waals surface area contributed by atoms with Gasteiger partial charge in [0, 0.05) is 11.5 Å². The van der Waals surface area contributed by atoms with Gasteiger partial charge >= 0.3 is 0 Å². The predicted octanol–water partition coefficient (Wildman–Crippen LogP) is 3.96. The van der Waals surface area contributed by atoms with Crippen LogP contribution in [0, 0.1) is 5.92 Å². The number of nitrogens with zero attached hydrogens (tertiary/aromatic N) is 1. The largest absolute Gasteiger partial charge is 0.312 e. The van der Waals surface area contributed by atoms with Gasteiger partial charge in [0.05, 0.1) is 11.1 Å². The molecule has 0 saturated carbocycles. The fraction of sp³-hybridized carbons (Fsp3) is 0.812. The van der Waals surface area contributed by atoms with Crippen molar-refractivity contribution >= 4 is 5.78 Å². The topological polar surface area (TPSA) is 40.5 Å². The van der Waals surface area contributed by atoms with E-state index in [2.05, 4.69) is 27.7 Å². The van der Waals surface area contributed by atoms with Crippen LogP contribution in [-0.2, 0) is 4.79 Å². The number of hydroxylamine groups is 2. The summed E-state index contributed by atoms with van der Waals surface area (Å²) in [4.78, 5) is 12.5. The number of Topliss-reactive ketones (excluding diaryl/α,β-unsaturated/α-hetero) is 1. The lowest BCUT2D eigenvalue weighted by molar-refractivity contribution is -0.209. The van der Waals surface area contributed by atoms with Crippen LogP contribution in [0.25, 0.3) is 0 Å². The van der Waals surface area contributed by atoms with Crippen molar-refractivity contribution in [1.29, 1.82) is 0 Å². The maximum absolute atomic E-state index is 12.5. The normalized spacial score (nSPS) is 21.8. The maximum atomic E-state index is 12.5. The van der Waals surface area contributed by atoms with E-state index in [4.69, 9.17) is 0 Å². The number of carbonyl (C=O) groups excluding carboxylic acids is 1. The Morgan fingerprint density at radius 2 is 1.63 bits per heavy atom. The zero-order chi connectivity index (χ0) is 14.8. The van der Waals surface area contributed by atoms with Crippen molar-refractivity contribution in [3.63, 3.8) is 0 Å². The van der Waals surface area contributed by atoms with Gasteiger partial charge in [-0.15, -0.1) is 0 Å². The van der Waals surface area contributed by atoms with Crippen LogP contribution in [0.1, 0.15) is 67.2 Å². The monoisotopic (exact) mass is 267 g/mol. The molecule has 0 aromatic carbocycles. The summed E-state index contributed by atoms with van der Waals surface area (Å²) in [5.74, 6) is 0.146. The van der Waals surface area contributed by atoms with E-state index >= 15 is 0 Å². The Balaban J connectivity index is 3.39. The smallest absolute Gasteiger partial charge is 0.163 e. The first-order chi connectivity index (χ1) is 8.85. The van der Waals surface area contributed by atoms with Crippen LogP contribution in [0.15, 0.2) is 11.6 Å². The number of hydrogen-bond acceptors (Lipinski definition) is 3. The summed E-state index contributed by atoms with van der Waals surface area (Å²) in [5, 5.41) is 12.3.